The Kier molecular flexibility index (Phi) is 3.15. The average Bonchev–Trinajstić information content (AvgIpc) is 2.29. The van der Waals surface area contributed by atoms with Gasteiger partial charge in [0.2, 0.25) is 0 Å². The molecule has 86 valence electrons. The van der Waals surface area contributed by atoms with E-state index in [2.05, 4.69) is 9.97 Å². The first-order valence-electron chi connectivity index (χ1n) is 4.87. The van der Waals surface area contributed by atoms with Gasteiger partial charge in [-0.1, -0.05) is 11.6 Å². The molecular formula is C12H8ClFN2O. The van der Waals surface area contributed by atoms with E-state index in [1.165, 1.54) is 12.1 Å². The van der Waals surface area contributed by atoms with Gasteiger partial charge in [0, 0.05) is 5.56 Å². The average molecular weight is 251 g/mol. The van der Waals surface area contributed by atoms with Crippen LogP contribution in [0.25, 0.3) is 11.3 Å². The fourth-order valence-electron chi connectivity index (χ4n) is 1.48. The molecule has 0 radical (unpaired) electrons. The Morgan fingerprint density at radius 1 is 1.24 bits per heavy atom. The molecule has 1 aromatic heterocycles. The van der Waals surface area contributed by atoms with Crippen molar-refractivity contribution in [3.8, 4) is 11.3 Å². The van der Waals surface area contributed by atoms with Gasteiger partial charge in [-0.25, -0.2) is 14.4 Å². The van der Waals surface area contributed by atoms with Crippen LogP contribution in [0.1, 0.15) is 16.2 Å². The third-order valence-corrected chi connectivity index (χ3v) is 2.53. The lowest BCUT2D eigenvalue weighted by Crippen LogP contribution is -1.99. The Bertz CT molecular complexity index is 569. The van der Waals surface area contributed by atoms with Crippen molar-refractivity contribution in [3.05, 3.63) is 46.6 Å². The number of hydrogen-bond donors (Lipinski definition) is 0. The van der Waals surface area contributed by atoms with E-state index in [-0.39, 0.29) is 16.5 Å². The first kappa shape index (κ1) is 11.7. The van der Waals surface area contributed by atoms with Gasteiger partial charge in [0.25, 0.3) is 0 Å². The molecule has 0 atom stereocenters. The smallest absolute Gasteiger partial charge is 0.155 e. The molecule has 1 aromatic carbocycles. The first-order chi connectivity index (χ1) is 8.11. The summed E-state index contributed by atoms with van der Waals surface area (Å²) in [7, 11) is 0. The maximum absolute atomic E-state index is 12.8. The molecule has 3 nitrogen and oxygen atoms in total. The summed E-state index contributed by atoms with van der Waals surface area (Å²) in [5.41, 5.74) is 1.25. The second kappa shape index (κ2) is 4.59. The molecular weight excluding hydrogens is 243 g/mol. The number of aromatic nitrogens is 2. The van der Waals surface area contributed by atoms with Crippen LogP contribution in [-0.2, 0) is 0 Å². The largest absolute Gasteiger partial charge is 0.298 e. The molecule has 0 amide bonds. The first-order valence-corrected chi connectivity index (χ1v) is 5.25. The van der Waals surface area contributed by atoms with Gasteiger partial charge >= 0.3 is 0 Å². The van der Waals surface area contributed by atoms with Crippen LogP contribution in [0.3, 0.4) is 0 Å². The lowest BCUT2D eigenvalue weighted by Gasteiger charge is -2.06. The highest BCUT2D eigenvalue weighted by atomic mass is 35.5. The minimum Gasteiger partial charge on any atom is -0.298 e. The molecule has 0 bridgehead atoms. The second-order valence-corrected chi connectivity index (χ2v) is 3.81. The van der Waals surface area contributed by atoms with Crippen molar-refractivity contribution < 1.29 is 9.18 Å². The summed E-state index contributed by atoms with van der Waals surface area (Å²) in [6.07, 6.45) is 0.598. The van der Waals surface area contributed by atoms with E-state index >= 15 is 0 Å². The Morgan fingerprint density at radius 3 is 2.47 bits per heavy atom. The van der Waals surface area contributed by atoms with Crippen molar-refractivity contribution >= 4 is 17.9 Å². The molecule has 0 unspecified atom stereocenters. The number of rotatable bonds is 2. The number of carbonyl (C=O) groups excluding carboxylic acids is 1. The molecule has 2 rings (SSSR count). The highest BCUT2D eigenvalue weighted by molar-refractivity contribution is 6.32. The Morgan fingerprint density at radius 2 is 1.88 bits per heavy atom. The number of carbonyl (C=O) groups is 1. The quantitative estimate of drug-likeness (QED) is 0.608. The van der Waals surface area contributed by atoms with Crippen molar-refractivity contribution in [2.45, 2.75) is 6.92 Å². The zero-order chi connectivity index (χ0) is 12.4. The van der Waals surface area contributed by atoms with E-state index < -0.39 is 0 Å². The van der Waals surface area contributed by atoms with Crippen LogP contribution in [-0.4, -0.2) is 16.3 Å². The van der Waals surface area contributed by atoms with Gasteiger partial charge in [0.1, 0.15) is 16.8 Å². The lowest BCUT2D eigenvalue weighted by atomic mass is 10.1. The zero-order valence-electron chi connectivity index (χ0n) is 8.95. The van der Waals surface area contributed by atoms with Gasteiger partial charge in [-0.2, -0.15) is 0 Å². The molecule has 1 heterocycles. The summed E-state index contributed by atoms with van der Waals surface area (Å²) in [5.74, 6) is 0.109. The van der Waals surface area contributed by atoms with Crippen molar-refractivity contribution in [1.82, 2.24) is 9.97 Å². The molecule has 0 aliphatic rings. The van der Waals surface area contributed by atoms with Crippen LogP contribution in [0.15, 0.2) is 24.3 Å². The summed E-state index contributed by atoms with van der Waals surface area (Å²) >= 11 is 5.86. The number of nitrogens with zero attached hydrogens (tertiary/aromatic N) is 2. The van der Waals surface area contributed by atoms with E-state index in [1.807, 2.05) is 0 Å². The van der Waals surface area contributed by atoms with Gasteiger partial charge in [0.05, 0.1) is 11.3 Å². The van der Waals surface area contributed by atoms with E-state index in [0.29, 0.717) is 23.4 Å². The Hall–Kier alpha value is -1.81. The maximum Gasteiger partial charge on any atom is 0.155 e. The molecule has 0 aliphatic carbocycles. The van der Waals surface area contributed by atoms with Crippen molar-refractivity contribution in [1.29, 1.82) is 0 Å². The zero-order valence-corrected chi connectivity index (χ0v) is 9.70. The summed E-state index contributed by atoms with van der Waals surface area (Å²) in [4.78, 5) is 19.0. The van der Waals surface area contributed by atoms with Crippen LogP contribution < -0.4 is 0 Å². The topological polar surface area (TPSA) is 42.9 Å². The number of aldehydes is 1. The Balaban J connectivity index is 2.65. The third kappa shape index (κ3) is 2.31. The summed E-state index contributed by atoms with van der Waals surface area (Å²) in [5, 5.41) is 0.104. The van der Waals surface area contributed by atoms with E-state index in [0.717, 1.165) is 0 Å². The molecule has 0 saturated heterocycles. The predicted molar refractivity (Wildman–Crippen MR) is 62.6 cm³/mol. The van der Waals surface area contributed by atoms with Gasteiger partial charge in [-0.15, -0.1) is 0 Å². The van der Waals surface area contributed by atoms with Crippen molar-refractivity contribution in [3.63, 3.8) is 0 Å². The maximum atomic E-state index is 12.8. The number of hydrogen-bond acceptors (Lipinski definition) is 3. The second-order valence-electron chi connectivity index (χ2n) is 3.45. The lowest BCUT2D eigenvalue weighted by molar-refractivity contribution is 0.112. The number of halogens is 2. The fourth-order valence-corrected chi connectivity index (χ4v) is 1.74. The molecule has 0 saturated carbocycles. The molecule has 0 N–H and O–H groups in total. The minimum absolute atomic E-state index is 0.104. The normalized spacial score (nSPS) is 10.3. The predicted octanol–water partition coefficient (Wildman–Crippen LogP) is 3.06. The highest BCUT2D eigenvalue weighted by Gasteiger charge is 2.12. The van der Waals surface area contributed by atoms with Crippen LogP contribution in [0.2, 0.25) is 5.15 Å². The molecule has 0 spiro atoms. The summed E-state index contributed by atoms with van der Waals surface area (Å²) < 4.78 is 12.8. The fraction of sp³-hybridized carbons (Fsp3) is 0.0833. The summed E-state index contributed by atoms with van der Waals surface area (Å²) in [6.45, 7) is 1.67. The van der Waals surface area contributed by atoms with E-state index in [4.69, 9.17) is 11.6 Å². The highest BCUT2D eigenvalue weighted by Crippen LogP contribution is 2.25. The monoisotopic (exact) mass is 250 g/mol. The molecule has 2 aromatic rings. The van der Waals surface area contributed by atoms with Crippen LogP contribution in [0, 0.1) is 12.7 Å². The van der Waals surface area contributed by atoms with Gasteiger partial charge < -0.3 is 0 Å². The third-order valence-electron chi connectivity index (χ3n) is 2.25. The van der Waals surface area contributed by atoms with Gasteiger partial charge in [-0.05, 0) is 31.2 Å². The van der Waals surface area contributed by atoms with Crippen LogP contribution in [0.4, 0.5) is 4.39 Å². The molecule has 0 fully saturated rings. The van der Waals surface area contributed by atoms with Crippen LogP contribution >= 0.6 is 11.6 Å². The molecule has 0 aliphatic heterocycles. The Labute approximate surface area is 102 Å². The minimum atomic E-state index is -0.349. The van der Waals surface area contributed by atoms with E-state index in [1.54, 1.807) is 19.1 Å². The number of benzene rings is 1. The molecule has 17 heavy (non-hydrogen) atoms. The standard InChI is InChI=1S/C12H8ClFN2O/c1-7-15-11(10(6-17)12(13)16-7)8-2-4-9(14)5-3-8/h2-6H,1H3. The van der Waals surface area contributed by atoms with Gasteiger partial charge in [-0.3, -0.25) is 4.79 Å². The summed E-state index contributed by atoms with van der Waals surface area (Å²) in [6, 6.07) is 5.69. The SMILES string of the molecule is Cc1nc(Cl)c(C=O)c(-c2ccc(F)cc2)n1. The van der Waals surface area contributed by atoms with Gasteiger partial charge in [0.15, 0.2) is 6.29 Å². The number of aryl methyl sites for hydroxylation is 1. The molecule has 5 heteroatoms. The van der Waals surface area contributed by atoms with Crippen molar-refractivity contribution in [2.75, 3.05) is 0 Å². The van der Waals surface area contributed by atoms with Crippen molar-refractivity contribution in [2.24, 2.45) is 0 Å². The van der Waals surface area contributed by atoms with E-state index in [9.17, 15) is 9.18 Å². The van der Waals surface area contributed by atoms with Crippen LogP contribution in [0.5, 0.6) is 0 Å².